The van der Waals surface area contributed by atoms with E-state index in [2.05, 4.69) is 27.5 Å². The number of hydrogen-bond acceptors (Lipinski definition) is 2. The highest BCUT2D eigenvalue weighted by Crippen LogP contribution is 2.42. The first-order valence-electron chi connectivity index (χ1n) is 8.47. The Labute approximate surface area is 161 Å². The maximum atomic E-state index is 14.4. The van der Waals surface area contributed by atoms with Gasteiger partial charge in [-0.3, -0.25) is 4.98 Å². The summed E-state index contributed by atoms with van der Waals surface area (Å²) < 4.78 is 29.6. The summed E-state index contributed by atoms with van der Waals surface area (Å²) in [6, 6.07) is 9.49. The van der Waals surface area contributed by atoms with Crippen molar-refractivity contribution in [1.82, 2.24) is 9.88 Å². The molecule has 0 unspecified atom stereocenters. The minimum absolute atomic E-state index is 0.0943. The summed E-state index contributed by atoms with van der Waals surface area (Å²) in [6.45, 7) is 10.5. The van der Waals surface area contributed by atoms with Crippen molar-refractivity contribution in [1.29, 1.82) is 0 Å². The first-order chi connectivity index (χ1) is 12.5. The molecule has 5 heteroatoms. The van der Waals surface area contributed by atoms with Gasteiger partial charge in [-0.05, 0) is 34.5 Å². The largest absolute Gasteiger partial charge is 0.340 e. The Bertz CT molecular complexity index is 837. The minimum Gasteiger partial charge on any atom is -0.340 e. The molecule has 0 fully saturated rings. The molecule has 1 aliphatic rings. The molecule has 1 aliphatic heterocycles. The second-order valence-electron chi connectivity index (χ2n) is 5.29. The second-order valence-corrected chi connectivity index (χ2v) is 6.14. The zero-order chi connectivity index (χ0) is 19.3. The Morgan fingerprint density at radius 2 is 1.65 bits per heavy atom. The van der Waals surface area contributed by atoms with Crippen molar-refractivity contribution >= 4 is 27.2 Å². The molecule has 136 valence electrons. The van der Waals surface area contributed by atoms with Crippen molar-refractivity contribution in [3.8, 4) is 0 Å². The molecule has 0 amide bonds. The molecule has 0 aliphatic carbocycles. The third-order valence-electron chi connectivity index (χ3n) is 3.89. The lowest BCUT2D eigenvalue weighted by Gasteiger charge is -2.34. The molecular weight excluding hydrogens is 398 g/mol. The molecule has 1 aromatic carbocycles. The van der Waals surface area contributed by atoms with Gasteiger partial charge in [0.15, 0.2) is 11.6 Å². The standard InChI is InChI=1S/C19H15BrF2N2.C2H6/c1-3-24-12(2)15(20)9-14(13-7-5-4-6-8-13)19(24)18-16(21)10-23-11-17(18)22;1-2/h4-11H,2-3H2,1H3;1-2H3. The van der Waals surface area contributed by atoms with E-state index >= 15 is 0 Å². The quantitative estimate of drug-likeness (QED) is 0.574. The van der Waals surface area contributed by atoms with E-state index in [4.69, 9.17) is 0 Å². The number of likely N-dealkylation sites (N-methyl/N-ethyl adjacent to an activating group) is 1. The van der Waals surface area contributed by atoms with Crippen LogP contribution in [-0.4, -0.2) is 16.4 Å². The fourth-order valence-corrected chi connectivity index (χ4v) is 3.22. The maximum Gasteiger partial charge on any atom is 0.153 e. The van der Waals surface area contributed by atoms with E-state index in [0.717, 1.165) is 28.0 Å². The molecule has 2 nitrogen and oxygen atoms in total. The van der Waals surface area contributed by atoms with Gasteiger partial charge in [-0.1, -0.05) is 50.8 Å². The molecule has 0 saturated carbocycles. The van der Waals surface area contributed by atoms with E-state index in [1.807, 2.05) is 57.2 Å². The predicted octanol–water partition coefficient (Wildman–Crippen LogP) is 6.38. The summed E-state index contributed by atoms with van der Waals surface area (Å²) in [6.07, 6.45) is 3.90. The summed E-state index contributed by atoms with van der Waals surface area (Å²) in [5.41, 5.74) is 2.60. The van der Waals surface area contributed by atoms with Crippen LogP contribution in [0.4, 0.5) is 8.78 Å². The lowest BCUT2D eigenvalue weighted by molar-refractivity contribution is 0.506. The van der Waals surface area contributed by atoms with Gasteiger partial charge in [0.1, 0.15) is 0 Å². The summed E-state index contributed by atoms with van der Waals surface area (Å²) in [7, 11) is 0. The first-order valence-corrected chi connectivity index (χ1v) is 9.27. The van der Waals surface area contributed by atoms with Crippen LogP contribution in [0.15, 0.2) is 65.6 Å². The van der Waals surface area contributed by atoms with Gasteiger partial charge in [0.2, 0.25) is 0 Å². The van der Waals surface area contributed by atoms with E-state index in [0.29, 0.717) is 17.9 Å². The Morgan fingerprint density at radius 3 is 2.19 bits per heavy atom. The summed E-state index contributed by atoms with van der Waals surface area (Å²) in [5, 5.41) is 0. The molecule has 26 heavy (non-hydrogen) atoms. The van der Waals surface area contributed by atoms with E-state index < -0.39 is 11.6 Å². The highest BCUT2D eigenvalue weighted by molar-refractivity contribution is 9.12. The van der Waals surface area contributed by atoms with Crippen LogP contribution >= 0.6 is 15.9 Å². The number of aromatic nitrogens is 1. The summed E-state index contributed by atoms with van der Waals surface area (Å²) in [5.74, 6) is -1.40. The zero-order valence-corrected chi connectivity index (χ0v) is 16.6. The number of rotatable bonds is 3. The number of halogens is 3. The molecule has 2 aromatic rings. The van der Waals surface area contributed by atoms with Gasteiger partial charge >= 0.3 is 0 Å². The predicted molar refractivity (Wildman–Crippen MR) is 107 cm³/mol. The van der Waals surface area contributed by atoms with Crippen LogP contribution in [0.1, 0.15) is 31.9 Å². The lowest BCUT2D eigenvalue weighted by Crippen LogP contribution is -2.25. The average Bonchev–Trinajstić information content (AvgIpc) is 2.66. The van der Waals surface area contributed by atoms with E-state index in [1.165, 1.54) is 0 Å². The number of nitrogens with zero attached hydrogens (tertiary/aromatic N) is 2. The fourth-order valence-electron chi connectivity index (χ4n) is 2.78. The topological polar surface area (TPSA) is 16.1 Å². The van der Waals surface area contributed by atoms with Crippen molar-refractivity contribution in [2.75, 3.05) is 6.54 Å². The molecule has 0 saturated heterocycles. The maximum absolute atomic E-state index is 14.4. The van der Waals surface area contributed by atoms with Crippen molar-refractivity contribution in [2.24, 2.45) is 0 Å². The van der Waals surface area contributed by atoms with Crippen LogP contribution in [-0.2, 0) is 0 Å². The van der Waals surface area contributed by atoms with Gasteiger partial charge in [0, 0.05) is 22.3 Å². The number of allylic oxidation sites excluding steroid dienone is 3. The van der Waals surface area contributed by atoms with Gasteiger partial charge in [-0.25, -0.2) is 8.78 Å². The molecule has 3 rings (SSSR count). The average molecular weight is 419 g/mol. The molecule has 0 radical (unpaired) electrons. The van der Waals surface area contributed by atoms with E-state index in [9.17, 15) is 8.78 Å². The first kappa shape index (κ1) is 20.0. The smallest absolute Gasteiger partial charge is 0.153 e. The molecule has 0 spiro atoms. The molecule has 2 heterocycles. The van der Waals surface area contributed by atoms with Crippen LogP contribution in [0, 0.1) is 11.6 Å². The van der Waals surface area contributed by atoms with Gasteiger partial charge in [-0.2, -0.15) is 0 Å². The fraction of sp³-hybridized carbons (Fsp3) is 0.190. The number of benzene rings is 1. The van der Waals surface area contributed by atoms with Crippen LogP contribution in [0.5, 0.6) is 0 Å². The van der Waals surface area contributed by atoms with Crippen molar-refractivity contribution < 1.29 is 8.78 Å². The molecule has 0 N–H and O–H groups in total. The number of pyridine rings is 1. The van der Waals surface area contributed by atoms with E-state index in [-0.39, 0.29) is 5.56 Å². The van der Waals surface area contributed by atoms with Gasteiger partial charge < -0.3 is 4.90 Å². The van der Waals surface area contributed by atoms with Crippen LogP contribution < -0.4 is 0 Å². The molecule has 1 aromatic heterocycles. The minimum atomic E-state index is -0.698. The van der Waals surface area contributed by atoms with Gasteiger partial charge in [-0.15, -0.1) is 0 Å². The highest BCUT2D eigenvalue weighted by Gasteiger charge is 2.28. The SMILES string of the molecule is C=C1C(Br)=CC(c2ccccc2)=C(c2c(F)cncc2F)N1CC.CC. The Hall–Kier alpha value is -2.27. The third kappa shape index (κ3) is 3.78. The van der Waals surface area contributed by atoms with Crippen molar-refractivity contribution in [3.05, 3.63) is 88.3 Å². The summed E-state index contributed by atoms with van der Waals surface area (Å²) >= 11 is 3.50. The highest BCUT2D eigenvalue weighted by atomic mass is 79.9. The van der Waals surface area contributed by atoms with Crippen LogP contribution in [0.3, 0.4) is 0 Å². The lowest BCUT2D eigenvalue weighted by atomic mass is 9.95. The van der Waals surface area contributed by atoms with Gasteiger partial charge in [0.25, 0.3) is 0 Å². The van der Waals surface area contributed by atoms with Crippen LogP contribution in [0.2, 0.25) is 0 Å². The monoisotopic (exact) mass is 418 g/mol. The Kier molecular flexibility index (Phi) is 6.86. The number of hydrogen-bond donors (Lipinski definition) is 0. The molecule has 0 atom stereocenters. The normalized spacial score (nSPS) is 14.0. The second kappa shape index (κ2) is 8.90. The molecule has 0 bridgehead atoms. The third-order valence-corrected chi connectivity index (χ3v) is 4.58. The van der Waals surface area contributed by atoms with E-state index in [1.54, 1.807) is 4.90 Å². The Balaban J connectivity index is 0.00000117. The Morgan fingerprint density at radius 1 is 1.08 bits per heavy atom. The van der Waals surface area contributed by atoms with Crippen molar-refractivity contribution in [3.63, 3.8) is 0 Å². The molecular formula is C21H21BrF2N2. The van der Waals surface area contributed by atoms with Crippen molar-refractivity contribution in [2.45, 2.75) is 20.8 Å². The summed E-state index contributed by atoms with van der Waals surface area (Å²) in [4.78, 5) is 5.38. The zero-order valence-electron chi connectivity index (χ0n) is 15.1. The van der Waals surface area contributed by atoms with Gasteiger partial charge in [0.05, 0.1) is 23.7 Å². The van der Waals surface area contributed by atoms with Crippen LogP contribution in [0.25, 0.3) is 11.3 Å².